The average molecular weight is 346 g/mol. The Morgan fingerprint density at radius 2 is 1.80 bits per heavy atom. The number of carbonyl (C=O) groups excluding carboxylic acids is 2. The maximum Gasteiger partial charge on any atom is 0.408 e. The van der Waals surface area contributed by atoms with Gasteiger partial charge in [-0.05, 0) is 45.2 Å². The molecular weight excluding hydrogens is 316 g/mol. The van der Waals surface area contributed by atoms with Crippen molar-refractivity contribution >= 4 is 17.7 Å². The number of alkyl carbamates (subject to hydrolysis) is 1. The molecular formula is C20H30N2O3. The van der Waals surface area contributed by atoms with Gasteiger partial charge in [0.15, 0.2) is 0 Å². The Labute approximate surface area is 150 Å². The number of nitrogens with zero attached hydrogens (tertiary/aromatic N) is 1. The highest BCUT2D eigenvalue weighted by Crippen LogP contribution is 2.43. The van der Waals surface area contributed by atoms with Crippen LogP contribution in [0.1, 0.15) is 66.0 Å². The number of benzene rings is 1. The van der Waals surface area contributed by atoms with Crippen LogP contribution >= 0.6 is 0 Å². The Morgan fingerprint density at radius 1 is 1.16 bits per heavy atom. The average Bonchev–Trinajstić information content (AvgIpc) is 2.51. The number of hydrogen-bond donors (Lipinski definition) is 1. The molecule has 5 heteroatoms. The Kier molecular flexibility index (Phi) is 5.76. The van der Waals surface area contributed by atoms with Gasteiger partial charge in [-0.1, -0.05) is 32.0 Å². The SMILES string of the molecule is CCC1[C@H](CC)C(NC(=O)OC(C)(C)C)c2ccccc2N1C(C)=O. The van der Waals surface area contributed by atoms with Gasteiger partial charge in [-0.2, -0.15) is 0 Å². The first-order valence-corrected chi connectivity index (χ1v) is 9.07. The molecule has 1 N–H and O–H groups in total. The van der Waals surface area contributed by atoms with Gasteiger partial charge in [0.1, 0.15) is 5.60 Å². The number of para-hydroxylation sites is 1. The lowest BCUT2D eigenvalue weighted by atomic mass is 9.78. The highest BCUT2D eigenvalue weighted by molar-refractivity contribution is 5.94. The van der Waals surface area contributed by atoms with Crippen molar-refractivity contribution in [3.8, 4) is 0 Å². The summed E-state index contributed by atoms with van der Waals surface area (Å²) in [5, 5.41) is 3.06. The number of nitrogens with one attached hydrogen (secondary N) is 1. The molecule has 2 unspecified atom stereocenters. The molecule has 0 fully saturated rings. The van der Waals surface area contributed by atoms with E-state index in [1.165, 1.54) is 0 Å². The van der Waals surface area contributed by atoms with Crippen LogP contribution in [0.5, 0.6) is 0 Å². The zero-order valence-corrected chi connectivity index (χ0v) is 16.1. The van der Waals surface area contributed by atoms with E-state index in [1.54, 1.807) is 6.92 Å². The summed E-state index contributed by atoms with van der Waals surface area (Å²) in [6.45, 7) is 11.3. The highest BCUT2D eigenvalue weighted by atomic mass is 16.6. The minimum absolute atomic E-state index is 0.0356. The number of anilines is 1. The molecule has 1 aliphatic rings. The third kappa shape index (κ3) is 4.14. The van der Waals surface area contributed by atoms with Crippen molar-refractivity contribution in [2.24, 2.45) is 5.92 Å². The zero-order chi connectivity index (χ0) is 18.8. The largest absolute Gasteiger partial charge is 0.444 e. The normalized spacial score (nSPS) is 23.0. The van der Waals surface area contributed by atoms with E-state index in [1.807, 2.05) is 49.9 Å². The number of hydrogen-bond acceptors (Lipinski definition) is 3. The third-order valence-corrected chi connectivity index (χ3v) is 4.69. The van der Waals surface area contributed by atoms with Crippen LogP contribution < -0.4 is 10.2 Å². The van der Waals surface area contributed by atoms with Gasteiger partial charge in [-0.25, -0.2) is 4.79 Å². The molecule has 0 radical (unpaired) electrons. The zero-order valence-electron chi connectivity index (χ0n) is 16.1. The molecule has 0 spiro atoms. The minimum Gasteiger partial charge on any atom is -0.444 e. The lowest BCUT2D eigenvalue weighted by Gasteiger charge is -2.46. The van der Waals surface area contributed by atoms with Gasteiger partial charge in [-0.3, -0.25) is 4.79 Å². The van der Waals surface area contributed by atoms with Gasteiger partial charge in [0, 0.05) is 24.6 Å². The lowest BCUT2D eigenvalue weighted by Crippen LogP contribution is -2.52. The molecule has 25 heavy (non-hydrogen) atoms. The highest BCUT2D eigenvalue weighted by Gasteiger charge is 2.41. The molecule has 1 aromatic rings. The smallest absolute Gasteiger partial charge is 0.408 e. The molecule has 0 saturated carbocycles. The van der Waals surface area contributed by atoms with E-state index in [9.17, 15) is 9.59 Å². The molecule has 0 bridgehead atoms. The van der Waals surface area contributed by atoms with Crippen LogP contribution in [0.3, 0.4) is 0 Å². The Morgan fingerprint density at radius 3 is 2.32 bits per heavy atom. The molecule has 138 valence electrons. The van der Waals surface area contributed by atoms with E-state index in [2.05, 4.69) is 19.2 Å². The topological polar surface area (TPSA) is 58.6 Å². The molecule has 5 nitrogen and oxygen atoms in total. The quantitative estimate of drug-likeness (QED) is 0.881. The summed E-state index contributed by atoms with van der Waals surface area (Å²) in [5.74, 6) is 0.171. The second kappa shape index (κ2) is 7.46. The Balaban J connectivity index is 2.44. The predicted octanol–water partition coefficient (Wildman–Crippen LogP) is 4.42. The molecule has 1 aliphatic heterocycles. The van der Waals surface area contributed by atoms with Crippen LogP contribution in [0.2, 0.25) is 0 Å². The molecule has 0 aromatic heterocycles. The van der Waals surface area contributed by atoms with Crippen molar-refractivity contribution in [1.82, 2.24) is 5.32 Å². The number of ether oxygens (including phenoxy) is 1. The summed E-state index contributed by atoms with van der Waals surface area (Å²) in [6, 6.07) is 7.70. The van der Waals surface area contributed by atoms with E-state index in [0.717, 1.165) is 24.1 Å². The Hall–Kier alpha value is -2.04. The minimum atomic E-state index is -0.546. The molecule has 2 amide bonds. The van der Waals surface area contributed by atoms with Crippen LogP contribution in [-0.2, 0) is 9.53 Å². The fraction of sp³-hybridized carbons (Fsp3) is 0.600. The predicted molar refractivity (Wildman–Crippen MR) is 99.6 cm³/mol. The van der Waals surface area contributed by atoms with Crippen LogP contribution in [0.4, 0.5) is 10.5 Å². The summed E-state index contributed by atoms with van der Waals surface area (Å²) in [6.07, 6.45) is 1.27. The van der Waals surface area contributed by atoms with Gasteiger partial charge < -0.3 is 15.0 Å². The number of amides is 2. The summed E-state index contributed by atoms with van der Waals surface area (Å²) < 4.78 is 5.46. The first-order valence-electron chi connectivity index (χ1n) is 9.07. The summed E-state index contributed by atoms with van der Waals surface area (Å²) in [5.41, 5.74) is 1.31. The van der Waals surface area contributed by atoms with E-state index >= 15 is 0 Å². The van der Waals surface area contributed by atoms with Gasteiger partial charge in [-0.15, -0.1) is 0 Å². The molecule has 3 atom stereocenters. The first-order chi connectivity index (χ1) is 11.7. The Bertz CT molecular complexity index is 636. The maximum atomic E-state index is 12.4. The van der Waals surface area contributed by atoms with E-state index in [0.29, 0.717) is 0 Å². The first kappa shape index (κ1) is 19.3. The summed E-state index contributed by atoms with van der Waals surface area (Å²) >= 11 is 0. The number of fused-ring (bicyclic) bond motifs is 1. The van der Waals surface area contributed by atoms with Crippen LogP contribution in [0.25, 0.3) is 0 Å². The standard InChI is InChI=1S/C20H30N2O3/c1-7-14-16(8-2)22(13(3)23)17-12-10-9-11-15(17)18(14)21-19(24)25-20(4,5)6/h9-12,14,16,18H,7-8H2,1-6H3,(H,21,24)/t14-,16?,18?/m0/s1. The van der Waals surface area contributed by atoms with Gasteiger partial charge in [0.2, 0.25) is 5.91 Å². The molecule has 1 aromatic carbocycles. The molecule has 0 saturated heterocycles. The number of carbonyl (C=O) groups is 2. The van der Waals surface area contributed by atoms with Gasteiger partial charge in [0.25, 0.3) is 0 Å². The fourth-order valence-electron chi connectivity index (χ4n) is 3.81. The van der Waals surface area contributed by atoms with E-state index in [4.69, 9.17) is 4.74 Å². The van der Waals surface area contributed by atoms with Crippen molar-refractivity contribution < 1.29 is 14.3 Å². The maximum absolute atomic E-state index is 12.4. The summed E-state index contributed by atoms with van der Waals surface area (Å²) in [7, 11) is 0. The van der Waals surface area contributed by atoms with Crippen LogP contribution in [-0.4, -0.2) is 23.6 Å². The second-order valence-corrected chi connectivity index (χ2v) is 7.62. The van der Waals surface area contributed by atoms with Crippen molar-refractivity contribution in [2.45, 2.75) is 72.1 Å². The second-order valence-electron chi connectivity index (χ2n) is 7.62. The van der Waals surface area contributed by atoms with Gasteiger partial charge in [0.05, 0.1) is 6.04 Å². The van der Waals surface area contributed by atoms with Gasteiger partial charge >= 0.3 is 6.09 Å². The molecule has 0 aliphatic carbocycles. The van der Waals surface area contributed by atoms with E-state index < -0.39 is 11.7 Å². The van der Waals surface area contributed by atoms with Crippen molar-refractivity contribution in [1.29, 1.82) is 0 Å². The third-order valence-electron chi connectivity index (χ3n) is 4.69. The van der Waals surface area contributed by atoms with Crippen molar-refractivity contribution in [2.75, 3.05) is 4.90 Å². The van der Waals surface area contributed by atoms with Crippen molar-refractivity contribution in [3.05, 3.63) is 29.8 Å². The monoisotopic (exact) mass is 346 g/mol. The van der Waals surface area contributed by atoms with Crippen LogP contribution in [0.15, 0.2) is 24.3 Å². The molecule has 1 heterocycles. The van der Waals surface area contributed by atoms with E-state index in [-0.39, 0.29) is 23.9 Å². The van der Waals surface area contributed by atoms with Crippen LogP contribution in [0, 0.1) is 5.92 Å². The molecule has 2 rings (SSSR count). The number of rotatable bonds is 3. The van der Waals surface area contributed by atoms with Crippen molar-refractivity contribution in [3.63, 3.8) is 0 Å². The lowest BCUT2D eigenvalue weighted by molar-refractivity contribution is -0.117. The summed E-state index contributed by atoms with van der Waals surface area (Å²) in [4.78, 5) is 26.6. The fourth-order valence-corrected chi connectivity index (χ4v) is 3.81.